The Morgan fingerprint density at radius 2 is 1.89 bits per heavy atom. The topological polar surface area (TPSA) is 43.4 Å². The maximum absolute atomic E-state index is 13.2. The average molecular weight is 274 g/mol. The molecule has 0 radical (unpaired) electrons. The molecule has 3 nitrogen and oxygen atoms in total. The first-order chi connectivity index (χ1) is 8.56. The lowest BCUT2D eigenvalue weighted by Crippen LogP contribution is -2.09. The van der Waals surface area contributed by atoms with Crippen molar-refractivity contribution in [3.63, 3.8) is 0 Å². The predicted molar refractivity (Wildman–Crippen MR) is 64.6 cm³/mol. The smallest absolute Gasteiger partial charge is 0.306 e. The van der Waals surface area contributed by atoms with Gasteiger partial charge in [-0.1, -0.05) is 6.07 Å². The standard InChI is InChI=1S/C12H12F2O3S/c1-17-11(16)5-6-18-7-10(15)12-8(13)3-2-4-9(12)14/h2-4H,5-7H2,1H3. The highest BCUT2D eigenvalue weighted by Gasteiger charge is 2.16. The van der Waals surface area contributed by atoms with Gasteiger partial charge in [-0.25, -0.2) is 8.78 Å². The van der Waals surface area contributed by atoms with Crippen molar-refractivity contribution >= 4 is 23.5 Å². The van der Waals surface area contributed by atoms with Crippen molar-refractivity contribution in [2.24, 2.45) is 0 Å². The van der Waals surface area contributed by atoms with Gasteiger partial charge >= 0.3 is 5.97 Å². The first-order valence-electron chi connectivity index (χ1n) is 5.18. The lowest BCUT2D eigenvalue weighted by molar-refractivity contribution is -0.140. The highest BCUT2D eigenvalue weighted by atomic mass is 32.2. The fourth-order valence-electron chi connectivity index (χ4n) is 1.26. The van der Waals surface area contributed by atoms with Crippen LogP contribution in [-0.2, 0) is 9.53 Å². The van der Waals surface area contributed by atoms with Crippen molar-refractivity contribution in [1.82, 2.24) is 0 Å². The molecule has 6 heteroatoms. The van der Waals surface area contributed by atoms with E-state index in [0.29, 0.717) is 5.75 Å². The number of rotatable bonds is 6. The summed E-state index contributed by atoms with van der Waals surface area (Å²) in [7, 11) is 1.27. The molecule has 1 aromatic carbocycles. The Bertz CT molecular complexity index is 429. The lowest BCUT2D eigenvalue weighted by atomic mass is 10.1. The molecule has 0 aliphatic rings. The normalized spacial score (nSPS) is 10.2. The number of ether oxygens (including phenoxy) is 1. The van der Waals surface area contributed by atoms with Gasteiger partial charge in [-0.3, -0.25) is 9.59 Å². The summed E-state index contributed by atoms with van der Waals surface area (Å²) in [6.45, 7) is 0. The van der Waals surface area contributed by atoms with Gasteiger partial charge in [0.05, 0.1) is 24.8 Å². The third-order valence-electron chi connectivity index (χ3n) is 2.15. The minimum Gasteiger partial charge on any atom is -0.469 e. The second kappa shape index (κ2) is 7.10. The third-order valence-corrected chi connectivity index (χ3v) is 3.11. The quantitative estimate of drug-likeness (QED) is 0.454. The number of Topliss-reactive ketones (excluding diaryl/α,β-unsaturated/α-hetero) is 1. The summed E-state index contributed by atoms with van der Waals surface area (Å²) in [5.74, 6) is -2.45. The Morgan fingerprint density at radius 3 is 2.44 bits per heavy atom. The second-order valence-corrected chi connectivity index (χ2v) is 4.50. The fourth-order valence-corrected chi connectivity index (χ4v) is 2.04. The number of benzene rings is 1. The van der Waals surface area contributed by atoms with Crippen LogP contribution in [0.3, 0.4) is 0 Å². The first-order valence-corrected chi connectivity index (χ1v) is 6.33. The third kappa shape index (κ3) is 4.10. The number of hydrogen-bond acceptors (Lipinski definition) is 4. The van der Waals surface area contributed by atoms with E-state index >= 15 is 0 Å². The molecule has 0 saturated heterocycles. The Labute approximate surface area is 108 Å². The van der Waals surface area contributed by atoms with Crippen LogP contribution in [-0.4, -0.2) is 30.4 Å². The van der Waals surface area contributed by atoms with Crippen LogP contribution in [0.25, 0.3) is 0 Å². The van der Waals surface area contributed by atoms with Crippen molar-refractivity contribution in [2.75, 3.05) is 18.6 Å². The first kappa shape index (κ1) is 14.6. The Morgan fingerprint density at radius 1 is 1.28 bits per heavy atom. The van der Waals surface area contributed by atoms with Crippen molar-refractivity contribution in [2.45, 2.75) is 6.42 Å². The molecule has 0 atom stereocenters. The molecule has 0 N–H and O–H groups in total. The molecular weight excluding hydrogens is 262 g/mol. The van der Waals surface area contributed by atoms with Gasteiger partial charge in [0, 0.05) is 5.75 Å². The Kier molecular flexibility index (Phi) is 5.77. The van der Waals surface area contributed by atoms with Crippen LogP contribution in [0.15, 0.2) is 18.2 Å². The van der Waals surface area contributed by atoms with E-state index in [9.17, 15) is 18.4 Å². The molecule has 0 amide bonds. The number of hydrogen-bond donors (Lipinski definition) is 0. The second-order valence-electron chi connectivity index (χ2n) is 3.40. The van der Waals surface area contributed by atoms with Gasteiger partial charge in [0.1, 0.15) is 11.6 Å². The zero-order valence-corrected chi connectivity index (χ0v) is 10.6. The molecule has 0 aliphatic carbocycles. The highest BCUT2D eigenvalue weighted by Crippen LogP contribution is 2.15. The van der Waals surface area contributed by atoms with Crippen molar-refractivity contribution in [3.05, 3.63) is 35.4 Å². The summed E-state index contributed by atoms with van der Waals surface area (Å²) in [6, 6.07) is 3.27. The minimum atomic E-state index is -0.867. The number of methoxy groups -OCH3 is 1. The van der Waals surface area contributed by atoms with Crippen molar-refractivity contribution in [3.8, 4) is 0 Å². The molecule has 0 aliphatic heterocycles. The minimum absolute atomic E-state index is 0.0746. The number of thioether (sulfide) groups is 1. The Balaban J connectivity index is 2.49. The van der Waals surface area contributed by atoms with Crippen LogP contribution in [0.1, 0.15) is 16.8 Å². The van der Waals surface area contributed by atoms with E-state index in [0.717, 1.165) is 23.9 Å². The van der Waals surface area contributed by atoms with Crippen molar-refractivity contribution in [1.29, 1.82) is 0 Å². The molecule has 1 rings (SSSR count). The number of esters is 1. The summed E-state index contributed by atoms with van der Waals surface area (Å²) >= 11 is 1.13. The van der Waals surface area contributed by atoms with E-state index in [-0.39, 0.29) is 18.1 Å². The van der Waals surface area contributed by atoms with Gasteiger partial charge in [0.25, 0.3) is 0 Å². The fraction of sp³-hybridized carbons (Fsp3) is 0.333. The molecule has 0 saturated carbocycles. The molecule has 0 spiro atoms. The number of halogens is 2. The predicted octanol–water partition coefficient (Wildman–Crippen LogP) is 2.44. The van der Waals surface area contributed by atoms with Gasteiger partial charge in [-0.15, -0.1) is 0 Å². The summed E-state index contributed by atoms with van der Waals surface area (Å²) in [5, 5.41) is 0. The molecule has 0 aromatic heterocycles. The van der Waals surface area contributed by atoms with Crippen LogP contribution in [0, 0.1) is 11.6 Å². The monoisotopic (exact) mass is 274 g/mol. The number of carbonyl (C=O) groups excluding carboxylic acids is 2. The maximum atomic E-state index is 13.2. The molecule has 1 aromatic rings. The van der Waals surface area contributed by atoms with Crippen LogP contribution < -0.4 is 0 Å². The van der Waals surface area contributed by atoms with Crippen molar-refractivity contribution < 1.29 is 23.1 Å². The Hall–Kier alpha value is -1.43. The molecule has 0 bridgehead atoms. The van der Waals surface area contributed by atoms with E-state index in [1.165, 1.54) is 13.2 Å². The van der Waals surface area contributed by atoms with Crippen LogP contribution in [0.2, 0.25) is 0 Å². The highest BCUT2D eigenvalue weighted by molar-refractivity contribution is 8.00. The molecule has 18 heavy (non-hydrogen) atoms. The van der Waals surface area contributed by atoms with Gasteiger partial charge in [0.2, 0.25) is 0 Å². The van der Waals surface area contributed by atoms with E-state index in [2.05, 4.69) is 4.74 Å². The lowest BCUT2D eigenvalue weighted by Gasteiger charge is -2.03. The maximum Gasteiger partial charge on any atom is 0.306 e. The summed E-state index contributed by atoms with van der Waals surface area (Å²) in [6.07, 6.45) is 0.161. The molecule has 0 fully saturated rings. The molecule has 98 valence electrons. The summed E-state index contributed by atoms with van der Waals surface area (Å²) in [4.78, 5) is 22.4. The van der Waals surface area contributed by atoms with Gasteiger partial charge in [-0.05, 0) is 12.1 Å². The summed E-state index contributed by atoms with van der Waals surface area (Å²) < 4.78 is 30.9. The van der Waals surface area contributed by atoms with Crippen LogP contribution in [0.4, 0.5) is 8.78 Å². The molecule has 0 unspecified atom stereocenters. The van der Waals surface area contributed by atoms with E-state index in [4.69, 9.17) is 0 Å². The zero-order chi connectivity index (χ0) is 13.5. The zero-order valence-electron chi connectivity index (χ0n) is 9.74. The van der Waals surface area contributed by atoms with Gasteiger partial charge < -0.3 is 4.74 Å². The number of carbonyl (C=O) groups is 2. The summed E-state index contributed by atoms with van der Waals surface area (Å²) in [5.41, 5.74) is -0.525. The average Bonchev–Trinajstić information content (AvgIpc) is 2.34. The van der Waals surface area contributed by atoms with Crippen LogP contribution >= 0.6 is 11.8 Å². The SMILES string of the molecule is COC(=O)CCSCC(=O)c1c(F)cccc1F. The molecule has 0 heterocycles. The van der Waals surface area contributed by atoms with E-state index < -0.39 is 23.0 Å². The van der Waals surface area contributed by atoms with Crippen LogP contribution in [0.5, 0.6) is 0 Å². The van der Waals surface area contributed by atoms with E-state index in [1.54, 1.807) is 0 Å². The van der Waals surface area contributed by atoms with E-state index in [1.807, 2.05) is 0 Å². The molecular formula is C12H12F2O3S. The van der Waals surface area contributed by atoms with Gasteiger partial charge in [-0.2, -0.15) is 11.8 Å². The number of ketones is 1. The largest absolute Gasteiger partial charge is 0.469 e. The van der Waals surface area contributed by atoms with Gasteiger partial charge in [0.15, 0.2) is 5.78 Å².